The van der Waals surface area contributed by atoms with E-state index in [1.807, 2.05) is 5.32 Å². The normalized spacial score (nSPS) is 17.5. The molecule has 1 unspecified atom stereocenters. The Hall–Kier alpha value is -4.40. The molecule has 0 aromatic heterocycles. The molecule has 2 amide bonds. The van der Waals surface area contributed by atoms with E-state index in [-0.39, 0.29) is 35.5 Å². The predicted molar refractivity (Wildman–Crippen MR) is 135 cm³/mol. The Balaban J connectivity index is 1.83. The zero-order chi connectivity index (χ0) is 27.5. The van der Waals surface area contributed by atoms with Crippen LogP contribution in [0.2, 0.25) is 0 Å². The zero-order valence-corrected chi connectivity index (χ0v) is 20.7. The highest BCUT2D eigenvalue weighted by atomic mass is 19.4. The van der Waals surface area contributed by atoms with Crippen molar-refractivity contribution in [1.82, 2.24) is 10.2 Å². The number of carbonyl (C=O) groups excluding carboxylic acids is 3. The zero-order valence-electron chi connectivity index (χ0n) is 20.7. The molecular weight excluding hydrogens is 497 g/mol. The van der Waals surface area contributed by atoms with Crippen LogP contribution < -0.4 is 10.1 Å². The predicted octanol–water partition coefficient (Wildman–Crippen LogP) is 4.97. The smallest absolute Gasteiger partial charge is 0.425 e. The molecule has 3 aromatic carbocycles. The van der Waals surface area contributed by atoms with Crippen LogP contribution in [0.4, 0.5) is 13.2 Å². The molecule has 0 saturated heterocycles. The third-order valence-corrected chi connectivity index (χ3v) is 6.50. The lowest BCUT2D eigenvalue weighted by Crippen LogP contribution is -2.66. The van der Waals surface area contributed by atoms with E-state index in [0.29, 0.717) is 0 Å². The fourth-order valence-electron chi connectivity index (χ4n) is 4.55. The highest BCUT2D eigenvalue weighted by Gasteiger charge is 2.70. The van der Waals surface area contributed by atoms with Gasteiger partial charge in [0.25, 0.3) is 11.8 Å². The van der Waals surface area contributed by atoms with E-state index in [2.05, 4.69) is 0 Å². The largest absolute Gasteiger partial charge is 0.497 e. The summed E-state index contributed by atoms with van der Waals surface area (Å²) in [6.07, 6.45) is -5.09. The van der Waals surface area contributed by atoms with E-state index in [0.717, 1.165) is 10.5 Å². The van der Waals surface area contributed by atoms with Crippen molar-refractivity contribution in [2.75, 3.05) is 13.7 Å². The summed E-state index contributed by atoms with van der Waals surface area (Å²) in [5.41, 5.74) is -3.97. The average Bonchev–Trinajstić information content (AvgIpc) is 3.14. The number of hydrogen-bond acceptors (Lipinski definition) is 4. The van der Waals surface area contributed by atoms with E-state index < -0.39 is 34.9 Å². The minimum atomic E-state index is -5.33. The second-order valence-electron chi connectivity index (χ2n) is 8.78. The van der Waals surface area contributed by atoms with Gasteiger partial charge < -0.3 is 15.0 Å². The monoisotopic (exact) mass is 522 g/mol. The Morgan fingerprint density at radius 3 is 2.13 bits per heavy atom. The molecule has 3 aromatic rings. The Kier molecular flexibility index (Phi) is 7.39. The van der Waals surface area contributed by atoms with Gasteiger partial charge in [-0.2, -0.15) is 13.2 Å². The van der Waals surface area contributed by atoms with Crippen LogP contribution >= 0.6 is 0 Å². The maximum absolute atomic E-state index is 15.1. The number of rotatable bonds is 8. The molecule has 4 rings (SSSR count). The third kappa shape index (κ3) is 4.79. The molecule has 196 valence electrons. The molecule has 1 aliphatic heterocycles. The van der Waals surface area contributed by atoms with Crippen LogP contribution in [0.3, 0.4) is 0 Å². The lowest BCUT2D eigenvalue weighted by molar-refractivity contribution is -0.189. The van der Waals surface area contributed by atoms with E-state index in [1.54, 1.807) is 36.4 Å². The third-order valence-electron chi connectivity index (χ3n) is 6.50. The average molecular weight is 523 g/mol. The van der Waals surface area contributed by atoms with Gasteiger partial charge in [-0.1, -0.05) is 66.7 Å². The summed E-state index contributed by atoms with van der Waals surface area (Å²) >= 11 is 0. The van der Waals surface area contributed by atoms with Gasteiger partial charge in [0, 0.05) is 23.4 Å². The van der Waals surface area contributed by atoms with Crippen LogP contribution in [-0.4, -0.2) is 47.9 Å². The standard InChI is InChI=1S/C29H25F3N2O4/c1-19-24(25(35)21-12-7-4-8-13-21)28(29(30,31)32,33-26(36)22-14-9-15-23(18-22)38-2)27(37)34(19)17-16-20-10-5-3-6-11-20/h3-15,18H,16-17H2,1-2H3,(H,33,36). The van der Waals surface area contributed by atoms with Gasteiger partial charge in [0.05, 0.1) is 12.7 Å². The number of benzene rings is 3. The molecule has 0 radical (unpaired) electrons. The second-order valence-corrected chi connectivity index (χ2v) is 8.78. The molecule has 0 aliphatic carbocycles. The van der Waals surface area contributed by atoms with Crippen LogP contribution in [0.5, 0.6) is 5.75 Å². The highest BCUT2D eigenvalue weighted by molar-refractivity contribution is 6.19. The molecule has 1 atom stereocenters. The Labute approximate surface area is 217 Å². The van der Waals surface area contributed by atoms with E-state index in [4.69, 9.17) is 4.74 Å². The quantitative estimate of drug-likeness (QED) is 0.424. The first kappa shape index (κ1) is 26.7. The Morgan fingerprint density at radius 1 is 0.921 bits per heavy atom. The Morgan fingerprint density at radius 2 is 1.53 bits per heavy atom. The summed E-state index contributed by atoms with van der Waals surface area (Å²) in [7, 11) is 1.35. The molecule has 1 heterocycles. The van der Waals surface area contributed by atoms with Crippen molar-refractivity contribution in [3.05, 3.63) is 113 Å². The molecule has 38 heavy (non-hydrogen) atoms. The number of allylic oxidation sites excluding steroid dienone is 1. The Bertz CT molecular complexity index is 1390. The van der Waals surface area contributed by atoms with Gasteiger partial charge in [-0.25, -0.2) is 0 Å². The second kappa shape index (κ2) is 10.5. The maximum atomic E-state index is 15.1. The van der Waals surface area contributed by atoms with Crippen molar-refractivity contribution in [1.29, 1.82) is 0 Å². The molecule has 0 bridgehead atoms. The van der Waals surface area contributed by atoms with Crippen LogP contribution in [0.1, 0.15) is 33.2 Å². The number of ether oxygens (including phenoxy) is 1. The number of alkyl halides is 3. The molecule has 1 N–H and O–H groups in total. The summed E-state index contributed by atoms with van der Waals surface area (Å²) < 4.78 is 50.2. The fraction of sp³-hybridized carbons (Fsp3) is 0.207. The van der Waals surface area contributed by atoms with Gasteiger partial charge in [0.15, 0.2) is 5.78 Å². The highest BCUT2D eigenvalue weighted by Crippen LogP contribution is 2.46. The van der Waals surface area contributed by atoms with Crippen molar-refractivity contribution < 1.29 is 32.3 Å². The molecule has 0 fully saturated rings. The summed E-state index contributed by atoms with van der Waals surface area (Å²) in [4.78, 5) is 41.4. The SMILES string of the molecule is COc1cccc(C(=O)NC2(C(F)(F)F)C(=O)N(CCc3ccccc3)C(C)=C2C(=O)c2ccccc2)c1. The van der Waals surface area contributed by atoms with E-state index in [9.17, 15) is 14.4 Å². The summed E-state index contributed by atoms with van der Waals surface area (Å²) in [5, 5.41) is 1.92. The van der Waals surface area contributed by atoms with E-state index in [1.165, 1.54) is 62.6 Å². The van der Waals surface area contributed by atoms with Gasteiger partial charge in [-0.05, 0) is 37.1 Å². The van der Waals surface area contributed by atoms with Crippen molar-refractivity contribution in [3.63, 3.8) is 0 Å². The van der Waals surface area contributed by atoms with Crippen LogP contribution in [0.15, 0.2) is 96.2 Å². The maximum Gasteiger partial charge on any atom is 0.425 e. The number of methoxy groups -OCH3 is 1. The first-order chi connectivity index (χ1) is 18.1. The van der Waals surface area contributed by atoms with Gasteiger partial charge in [-0.3, -0.25) is 14.4 Å². The topological polar surface area (TPSA) is 75.7 Å². The minimum absolute atomic E-state index is 0.0381. The van der Waals surface area contributed by atoms with Gasteiger partial charge in [-0.15, -0.1) is 0 Å². The van der Waals surface area contributed by atoms with Crippen molar-refractivity contribution in [3.8, 4) is 5.75 Å². The first-order valence-corrected chi connectivity index (χ1v) is 11.8. The number of carbonyl (C=O) groups is 3. The number of hydrogen-bond donors (Lipinski definition) is 1. The van der Waals surface area contributed by atoms with Gasteiger partial charge in [0.2, 0.25) is 5.54 Å². The van der Waals surface area contributed by atoms with Crippen LogP contribution in [0.25, 0.3) is 0 Å². The van der Waals surface area contributed by atoms with Crippen molar-refractivity contribution >= 4 is 17.6 Å². The molecule has 0 spiro atoms. The summed E-state index contributed by atoms with van der Waals surface area (Å²) in [5.74, 6) is -3.37. The van der Waals surface area contributed by atoms with Crippen molar-refractivity contribution in [2.24, 2.45) is 0 Å². The molecule has 1 aliphatic rings. The molecule has 6 nitrogen and oxygen atoms in total. The number of amides is 2. The van der Waals surface area contributed by atoms with Crippen molar-refractivity contribution in [2.45, 2.75) is 25.1 Å². The number of ketones is 1. The number of nitrogens with zero attached hydrogens (tertiary/aromatic N) is 1. The summed E-state index contributed by atoms with van der Waals surface area (Å²) in [6.45, 7) is 1.18. The summed E-state index contributed by atoms with van der Waals surface area (Å²) in [6, 6.07) is 21.8. The molecule has 0 saturated carbocycles. The lowest BCUT2D eigenvalue weighted by atomic mass is 9.84. The van der Waals surface area contributed by atoms with Gasteiger partial charge in [0.1, 0.15) is 5.75 Å². The van der Waals surface area contributed by atoms with E-state index >= 15 is 13.2 Å². The number of Topliss-reactive ketones (excluding diaryl/α,β-unsaturated/α-hetero) is 1. The lowest BCUT2D eigenvalue weighted by Gasteiger charge is -2.33. The van der Waals surface area contributed by atoms with Gasteiger partial charge >= 0.3 is 6.18 Å². The molecule has 9 heteroatoms. The van der Waals surface area contributed by atoms with Crippen LogP contribution in [0, 0.1) is 0 Å². The first-order valence-electron chi connectivity index (χ1n) is 11.8. The number of halogens is 3. The van der Waals surface area contributed by atoms with Crippen LogP contribution in [-0.2, 0) is 11.2 Å². The fourth-order valence-corrected chi connectivity index (χ4v) is 4.55. The molecular formula is C29H25F3N2O4. The number of nitrogens with one attached hydrogen (secondary N) is 1. The minimum Gasteiger partial charge on any atom is -0.497 e.